The summed E-state index contributed by atoms with van der Waals surface area (Å²) in [5.74, 6) is 1.66. The molecule has 0 bridgehead atoms. The van der Waals surface area contributed by atoms with Crippen LogP contribution >= 0.6 is 23.2 Å². The lowest BCUT2D eigenvalue weighted by atomic mass is 9.99. The van der Waals surface area contributed by atoms with Crippen LogP contribution in [-0.4, -0.2) is 24.9 Å². The largest absolute Gasteiger partial charge is 0.330 e. The number of rotatable bonds is 3. The molecule has 2 aromatic heterocycles. The molecular formula is C16H16Cl2N6O. The van der Waals surface area contributed by atoms with E-state index in [0.717, 1.165) is 25.7 Å². The van der Waals surface area contributed by atoms with E-state index < -0.39 is 5.54 Å². The first kappa shape index (κ1) is 16.5. The highest BCUT2D eigenvalue weighted by molar-refractivity contribution is 6.37. The van der Waals surface area contributed by atoms with Gasteiger partial charge in [-0.2, -0.15) is 4.98 Å². The summed E-state index contributed by atoms with van der Waals surface area (Å²) >= 11 is 12.5. The van der Waals surface area contributed by atoms with E-state index in [1.807, 2.05) is 0 Å². The molecule has 1 fully saturated rings. The lowest BCUT2D eigenvalue weighted by Crippen LogP contribution is -2.34. The molecule has 0 amide bonds. The lowest BCUT2D eigenvalue weighted by molar-refractivity contribution is 0.372. The Labute approximate surface area is 154 Å². The van der Waals surface area contributed by atoms with Crippen LogP contribution in [0.1, 0.15) is 37.3 Å². The molecule has 1 aliphatic carbocycles. The number of aromatic nitrogens is 5. The molecule has 1 saturated carbocycles. The zero-order chi connectivity index (χ0) is 17.6. The van der Waals surface area contributed by atoms with Gasteiger partial charge in [0.15, 0.2) is 5.82 Å². The van der Waals surface area contributed by atoms with Gasteiger partial charge < -0.3 is 10.3 Å². The highest BCUT2D eigenvalue weighted by atomic mass is 35.5. The number of nitrogens with two attached hydrogens (primary N) is 1. The number of para-hydroxylation sites is 1. The minimum absolute atomic E-state index is 0.233. The van der Waals surface area contributed by atoms with Gasteiger partial charge in [-0.25, -0.2) is 9.67 Å². The second-order valence-electron chi connectivity index (χ2n) is 6.25. The Morgan fingerprint density at radius 1 is 1.16 bits per heavy atom. The normalized spacial score (nSPS) is 16.5. The van der Waals surface area contributed by atoms with Crippen molar-refractivity contribution in [1.82, 2.24) is 24.9 Å². The van der Waals surface area contributed by atoms with Gasteiger partial charge in [-0.1, -0.05) is 47.3 Å². The fourth-order valence-electron chi connectivity index (χ4n) is 3.13. The van der Waals surface area contributed by atoms with Crippen LogP contribution in [0, 0.1) is 6.92 Å². The van der Waals surface area contributed by atoms with Gasteiger partial charge in [-0.05, 0) is 31.9 Å². The highest BCUT2D eigenvalue weighted by Crippen LogP contribution is 2.35. The van der Waals surface area contributed by atoms with Crippen LogP contribution in [0.4, 0.5) is 0 Å². The molecule has 0 unspecified atom stereocenters. The van der Waals surface area contributed by atoms with Crippen molar-refractivity contribution in [2.45, 2.75) is 38.1 Å². The second-order valence-corrected chi connectivity index (χ2v) is 7.07. The number of benzene rings is 1. The Hall–Kier alpha value is -1.96. The summed E-state index contributed by atoms with van der Waals surface area (Å²) in [5.41, 5.74) is 6.41. The van der Waals surface area contributed by atoms with E-state index in [1.165, 1.54) is 0 Å². The molecule has 4 rings (SSSR count). The van der Waals surface area contributed by atoms with Crippen LogP contribution in [0.5, 0.6) is 0 Å². The molecule has 25 heavy (non-hydrogen) atoms. The van der Waals surface area contributed by atoms with E-state index >= 15 is 0 Å². The number of aryl methyl sites for hydroxylation is 1. The third-order valence-corrected chi connectivity index (χ3v) is 5.09. The molecule has 0 aliphatic heterocycles. The van der Waals surface area contributed by atoms with Crippen molar-refractivity contribution in [2.24, 2.45) is 5.73 Å². The molecular weight excluding hydrogens is 363 g/mol. The van der Waals surface area contributed by atoms with Gasteiger partial charge in [0.1, 0.15) is 11.5 Å². The van der Waals surface area contributed by atoms with Gasteiger partial charge in [-0.15, -0.1) is 5.10 Å². The monoisotopic (exact) mass is 378 g/mol. The smallest absolute Gasteiger partial charge is 0.297 e. The van der Waals surface area contributed by atoms with Gasteiger partial charge in [0.2, 0.25) is 5.82 Å². The van der Waals surface area contributed by atoms with E-state index in [2.05, 4.69) is 20.2 Å². The fraction of sp³-hybridized carbons (Fsp3) is 0.375. The van der Waals surface area contributed by atoms with Crippen LogP contribution < -0.4 is 5.73 Å². The number of nitrogens with zero attached hydrogens (tertiary/aromatic N) is 5. The first-order valence-electron chi connectivity index (χ1n) is 7.99. The minimum atomic E-state index is -0.522. The van der Waals surface area contributed by atoms with Crippen LogP contribution in [0.15, 0.2) is 22.7 Å². The summed E-state index contributed by atoms with van der Waals surface area (Å²) in [4.78, 5) is 8.82. The van der Waals surface area contributed by atoms with Crippen LogP contribution in [0.25, 0.3) is 17.4 Å². The number of hydrogen-bond acceptors (Lipinski definition) is 6. The molecule has 0 atom stereocenters. The van der Waals surface area contributed by atoms with E-state index in [9.17, 15) is 0 Å². The first-order chi connectivity index (χ1) is 12.0. The standard InChI is InChI=1S/C16H16Cl2N6O/c1-9-20-13(22-24(9)12-10(17)5-4-6-11(12)18)14-21-15(23-25-14)16(19)7-2-3-8-16/h4-6H,2-3,7-8,19H2,1H3. The predicted molar refractivity (Wildman–Crippen MR) is 93.7 cm³/mol. The predicted octanol–water partition coefficient (Wildman–Crippen LogP) is 3.66. The van der Waals surface area contributed by atoms with E-state index in [1.54, 1.807) is 29.8 Å². The minimum Gasteiger partial charge on any atom is -0.330 e. The summed E-state index contributed by atoms with van der Waals surface area (Å²) in [5, 5.41) is 9.43. The van der Waals surface area contributed by atoms with Crippen molar-refractivity contribution in [3.63, 3.8) is 0 Å². The Morgan fingerprint density at radius 2 is 1.84 bits per heavy atom. The van der Waals surface area contributed by atoms with E-state index in [-0.39, 0.29) is 5.89 Å². The van der Waals surface area contributed by atoms with Crippen molar-refractivity contribution in [3.8, 4) is 17.4 Å². The van der Waals surface area contributed by atoms with Gasteiger partial charge in [0.05, 0.1) is 15.6 Å². The zero-order valence-electron chi connectivity index (χ0n) is 13.5. The van der Waals surface area contributed by atoms with Crippen LogP contribution in [0.2, 0.25) is 10.0 Å². The third kappa shape index (κ3) is 2.82. The summed E-state index contributed by atoms with van der Waals surface area (Å²) in [6, 6.07) is 5.26. The molecule has 2 N–H and O–H groups in total. The average Bonchev–Trinajstić information content (AvgIpc) is 3.28. The molecule has 130 valence electrons. The molecule has 2 heterocycles. The van der Waals surface area contributed by atoms with Crippen molar-refractivity contribution in [3.05, 3.63) is 39.9 Å². The van der Waals surface area contributed by atoms with Gasteiger partial charge in [-0.3, -0.25) is 0 Å². The van der Waals surface area contributed by atoms with Crippen molar-refractivity contribution >= 4 is 23.2 Å². The van der Waals surface area contributed by atoms with Crippen molar-refractivity contribution in [1.29, 1.82) is 0 Å². The summed E-state index contributed by atoms with van der Waals surface area (Å²) < 4.78 is 6.91. The molecule has 0 spiro atoms. The zero-order valence-corrected chi connectivity index (χ0v) is 15.0. The number of hydrogen-bond donors (Lipinski definition) is 1. The lowest BCUT2D eigenvalue weighted by Gasteiger charge is -2.17. The molecule has 7 nitrogen and oxygen atoms in total. The maximum absolute atomic E-state index is 6.37. The Bertz CT molecular complexity index is 908. The SMILES string of the molecule is Cc1nc(-c2nc(C3(N)CCCC3)no2)nn1-c1c(Cl)cccc1Cl. The molecule has 0 radical (unpaired) electrons. The quantitative estimate of drug-likeness (QED) is 0.746. The topological polar surface area (TPSA) is 95.7 Å². The maximum Gasteiger partial charge on any atom is 0.297 e. The summed E-state index contributed by atoms with van der Waals surface area (Å²) in [6.07, 6.45) is 3.83. The highest BCUT2D eigenvalue weighted by Gasteiger charge is 2.36. The van der Waals surface area contributed by atoms with Crippen molar-refractivity contribution in [2.75, 3.05) is 0 Å². The number of halogens is 2. The summed E-state index contributed by atoms with van der Waals surface area (Å²) in [7, 11) is 0. The Morgan fingerprint density at radius 3 is 2.52 bits per heavy atom. The fourth-order valence-corrected chi connectivity index (χ4v) is 3.69. The summed E-state index contributed by atoms with van der Waals surface area (Å²) in [6.45, 7) is 1.80. The van der Waals surface area contributed by atoms with Gasteiger partial charge >= 0.3 is 0 Å². The average molecular weight is 379 g/mol. The van der Waals surface area contributed by atoms with E-state index in [0.29, 0.717) is 33.2 Å². The maximum atomic E-state index is 6.37. The Balaban J connectivity index is 1.73. The van der Waals surface area contributed by atoms with E-state index in [4.69, 9.17) is 33.5 Å². The molecule has 0 saturated heterocycles. The van der Waals surface area contributed by atoms with Crippen LogP contribution in [-0.2, 0) is 5.54 Å². The van der Waals surface area contributed by atoms with Gasteiger partial charge in [0, 0.05) is 0 Å². The Kier molecular flexibility index (Phi) is 4.02. The van der Waals surface area contributed by atoms with Crippen molar-refractivity contribution < 1.29 is 4.52 Å². The molecule has 9 heteroatoms. The first-order valence-corrected chi connectivity index (χ1v) is 8.75. The second kappa shape index (κ2) is 6.09. The van der Waals surface area contributed by atoms with Gasteiger partial charge in [0.25, 0.3) is 5.89 Å². The molecule has 1 aliphatic rings. The third-order valence-electron chi connectivity index (χ3n) is 4.48. The molecule has 1 aromatic carbocycles. The van der Waals surface area contributed by atoms with Crippen LogP contribution in [0.3, 0.4) is 0 Å². The molecule has 3 aromatic rings.